The molecule has 0 radical (unpaired) electrons. The lowest BCUT2D eigenvalue weighted by molar-refractivity contribution is 0.415. The van der Waals surface area contributed by atoms with Gasteiger partial charge in [0.1, 0.15) is 11.6 Å². The molecule has 0 amide bonds. The van der Waals surface area contributed by atoms with Crippen molar-refractivity contribution < 1.29 is 9.13 Å². The van der Waals surface area contributed by atoms with E-state index < -0.39 is 0 Å². The van der Waals surface area contributed by atoms with Crippen molar-refractivity contribution in [1.82, 2.24) is 5.32 Å². The number of methoxy groups -OCH3 is 1. The number of halogens is 1. The van der Waals surface area contributed by atoms with Gasteiger partial charge in [-0.2, -0.15) is 0 Å². The normalized spacial score (nSPS) is 10.6. The van der Waals surface area contributed by atoms with Crippen molar-refractivity contribution in [3.8, 4) is 16.9 Å². The molecule has 2 aromatic rings. The summed E-state index contributed by atoms with van der Waals surface area (Å²) in [5.41, 5.74) is 3.04. The van der Waals surface area contributed by atoms with Gasteiger partial charge in [-0.25, -0.2) is 4.39 Å². The lowest BCUT2D eigenvalue weighted by Gasteiger charge is -2.12. The highest BCUT2D eigenvalue weighted by atomic mass is 19.1. The first kappa shape index (κ1) is 14.5. The summed E-state index contributed by atoms with van der Waals surface area (Å²) in [6, 6.07) is 12.8. The van der Waals surface area contributed by atoms with Crippen molar-refractivity contribution in [2.75, 3.05) is 13.7 Å². The van der Waals surface area contributed by atoms with Crippen LogP contribution in [-0.2, 0) is 6.54 Å². The summed E-state index contributed by atoms with van der Waals surface area (Å²) in [4.78, 5) is 0. The maximum Gasteiger partial charge on any atom is 0.123 e. The van der Waals surface area contributed by atoms with Crippen molar-refractivity contribution >= 4 is 0 Å². The molecule has 0 spiro atoms. The number of ether oxygens (including phenoxy) is 1. The van der Waals surface area contributed by atoms with Crippen LogP contribution < -0.4 is 10.1 Å². The SMILES string of the molecule is CCCNCc1cc(F)ccc1-c1cccc(OC)c1. The van der Waals surface area contributed by atoms with Gasteiger partial charge in [-0.3, -0.25) is 0 Å². The Kier molecular flexibility index (Phi) is 5.13. The molecule has 2 nitrogen and oxygen atoms in total. The molecule has 0 aliphatic rings. The van der Waals surface area contributed by atoms with Crippen molar-refractivity contribution in [2.45, 2.75) is 19.9 Å². The molecule has 3 heteroatoms. The highest BCUT2D eigenvalue weighted by molar-refractivity contribution is 5.68. The third-order valence-electron chi connectivity index (χ3n) is 3.19. The maximum atomic E-state index is 13.5. The fourth-order valence-electron chi connectivity index (χ4n) is 2.18. The summed E-state index contributed by atoms with van der Waals surface area (Å²) in [5, 5.41) is 3.32. The molecule has 2 rings (SSSR count). The van der Waals surface area contributed by atoms with E-state index in [-0.39, 0.29) is 5.82 Å². The second-order valence-corrected chi connectivity index (χ2v) is 4.71. The van der Waals surface area contributed by atoms with Gasteiger partial charge in [0, 0.05) is 6.54 Å². The summed E-state index contributed by atoms with van der Waals surface area (Å²) in [7, 11) is 1.65. The maximum absolute atomic E-state index is 13.5. The second kappa shape index (κ2) is 7.06. The Balaban J connectivity index is 2.33. The zero-order chi connectivity index (χ0) is 14.4. The summed E-state index contributed by atoms with van der Waals surface area (Å²) < 4.78 is 18.7. The lowest BCUT2D eigenvalue weighted by Crippen LogP contribution is -2.14. The Morgan fingerprint density at radius 2 is 2.00 bits per heavy atom. The largest absolute Gasteiger partial charge is 0.497 e. The molecule has 0 heterocycles. The van der Waals surface area contributed by atoms with E-state index in [2.05, 4.69) is 12.2 Å². The van der Waals surface area contributed by atoms with Gasteiger partial charge in [-0.1, -0.05) is 25.1 Å². The number of nitrogens with one attached hydrogen (secondary N) is 1. The Hall–Kier alpha value is -1.87. The summed E-state index contributed by atoms with van der Waals surface area (Å²) in [5.74, 6) is 0.601. The molecule has 0 unspecified atom stereocenters. The summed E-state index contributed by atoms with van der Waals surface area (Å²) >= 11 is 0. The highest BCUT2D eigenvalue weighted by Gasteiger charge is 2.07. The minimum absolute atomic E-state index is 0.204. The van der Waals surface area contributed by atoms with Crippen LogP contribution in [0.5, 0.6) is 5.75 Å². The predicted octanol–water partition coefficient (Wildman–Crippen LogP) is 4.00. The molecule has 0 atom stereocenters. The quantitative estimate of drug-likeness (QED) is 0.803. The van der Waals surface area contributed by atoms with Crippen LogP contribution in [0.4, 0.5) is 4.39 Å². The molecular weight excluding hydrogens is 253 g/mol. The fourth-order valence-corrected chi connectivity index (χ4v) is 2.18. The van der Waals surface area contributed by atoms with Crippen LogP contribution in [0.3, 0.4) is 0 Å². The van der Waals surface area contributed by atoms with Gasteiger partial charge in [0.2, 0.25) is 0 Å². The number of rotatable bonds is 6. The van der Waals surface area contributed by atoms with Crippen LogP contribution in [0.1, 0.15) is 18.9 Å². The van der Waals surface area contributed by atoms with Crippen LogP contribution in [0.2, 0.25) is 0 Å². The zero-order valence-corrected chi connectivity index (χ0v) is 11.9. The predicted molar refractivity (Wildman–Crippen MR) is 80.4 cm³/mol. The van der Waals surface area contributed by atoms with Crippen LogP contribution in [0, 0.1) is 5.82 Å². The van der Waals surface area contributed by atoms with Gasteiger partial charge in [0.25, 0.3) is 0 Å². The minimum Gasteiger partial charge on any atom is -0.497 e. The van der Waals surface area contributed by atoms with Crippen LogP contribution >= 0.6 is 0 Å². The summed E-state index contributed by atoms with van der Waals surface area (Å²) in [6.45, 7) is 3.70. The number of benzene rings is 2. The van der Waals surface area contributed by atoms with E-state index in [4.69, 9.17) is 4.74 Å². The average Bonchev–Trinajstić information content (AvgIpc) is 2.48. The molecule has 0 bridgehead atoms. The first-order valence-corrected chi connectivity index (χ1v) is 6.88. The van der Waals surface area contributed by atoms with Crippen molar-refractivity contribution in [2.24, 2.45) is 0 Å². The molecule has 0 aromatic heterocycles. The van der Waals surface area contributed by atoms with E-state index in [9.17, 15) is 4.39 Å². The Labute approximate surface area is 119 Å². The van der Waals surface area contributed by atoms with Gasteiger partial charge >= 0.3 is 0 Å². The lowest BCUT2D eigenvalue weighted by atomic mass is 9.99. The van der Waals surface area contributed by atoms with Crippen molar-refractivity contribution in [3.63, 3.8) is 0 Å². The smallest absolute Gasteiger partial charge is 0.123 e. The Morgan fingerprint density at radius 3 is 2.75 bits per heavy atom. The van der Waals surface area contributed by atoms with Gasteiger partial charge < -0.3 is 10.1 Å². The van der Waals surface area contributed by atoms with Gasteiger partial charge in [0.15, 0.2) is 0 Å². The molecule has 0 aliphatic carbocycles. The van der Waals surface area contributed by atoms with Gasteiger partial charge in [-0.15, -0.1) is 0 Å². The van der Waals surface area contributed by atoms with Crippen LogP contribution in [-0.4, -0.2) is 13.7 Å². The first-order valence-electron chi connectivity index (χ1n) is 6.88. The Bertz CT molecular complexity index is 569. The molecule has 0 saturated heterocycles. The molecule has 1 N–H and O–H groups in total. The van der Waals surface area contributed by atoms with Crippen LogP contribution in [0.15, 0.2) is 42.5 Å². The van der Waals surface area contributed by atoms with E-state index >= 15 is 0 Å². The van der Waals surface area contributed by atoms with Gasteiger partial charge in [0.05, 0.1) is 7.11 Å². The van der Waals surface area contributed by atoms with E-state index in [0.717, 1.165) is 35.4 Å². The van der Waals surface area contributed by atoms with Crippen LogP contribution in [0.25, 0.3) is 11.1 Å². The molecule has 106 valence electrons. The molecule has 0 aliphatic heterocycles. The number of hydrogen-bond donors (Lipinski definition) is 1. The van der Waals surface area contributed by atoms with E-state index in [1.54, 1.807) is 13.2 Å². The average molecular weight is 273 g/mol. The molecule has 20 heavy (non-hydrogen) atoms. The van der Waals surface area contributed by atoms with Gasteiger partial charge in [-0.05, 0) is 53.9 Å². The fraction of sp³-hybridized carbons (Fsp3) is 0.294. The second-order valence-electron chi connectivity index (χ2n) is 4.71. The highest BCUT2D eigenvalue weighted by Crippen LogP contribution is 2.27. The third kappa shape index (κ3) is 3.58. The monoisotopic (exact) mass is 273 g/mol. The first-order chi connectivity index (χ1) is 9.74. The molecular formula is C17H20FNO. The molecule has 0 saturated carbocycles. The van der Waals surface area contributed by atoms with Crippen molar-refractivity contribution in [1.29, 1.82) is 0 Å². The van der Waals surface area contributed by atoms with E-state index in [0.29, 0.717) is 6.54 Å². The Morgan fingerprint density at radius 1 is 1.15 bits per heavy atom. The van der Waals surface area contributed by atoms with E-state index in [1.165, 1.54) is 6.07 Å². The minimum atomic E-state index is -0.204. The third-order valence-corrected chi connectivity index (χ3v) is 3.19. The summed E-state index contributed by atoms with van der Waals surface area (Å²) in [6.07, 6.45) is 1.06. The molecule has 0 fully saturated rings. The topological polar surface area (TPSA) is 21.3 Å². The van der Waals surface area contributed by atoms with E-state index in [1.807, 2.05) is 30.3 Å². The standard InChI is InChI=1S/C17H20FNO/c1-3-9-19-12-14-10-15(18)7-8-17(14)13-5-4-6-16(11-13)20-2/h4-8,10-11,19H,3,9,12H2,1-2H3. The van der Waals surface area contributed by atoms with Crippen molar-refractivity contribution in [3.05, 3.63) is 53.8 Å². The number of hydrogen-bond acceptors (Lipinski definition) is 2. The zero-order valence-electron chi connectivity index (χ0n) is 11.9. The molecule has 2 aromatic carbocycles.